The summed E-state index contributed by atoms with van der Waals surface area (Å²) in [4.78, 5) is 18.6. The molecule has 0 amide bonds. The van der Waals surface area contributed by atoms with E-state index < -0.39 is 5.24 Å². The van der Waals surface area contributed by atoms with Crippen LogP contribution in [0, 0.1) is 6.92 Å². The molecule has 0 bridgehead atoms. The van der Waals surface area contributed by atoms with Crippen molar-refractivity contribution in [2.24, 2.45) is 0 Å². The van der Waals surface area contributed by atoms with Crippen LogP contribution in [-0.2, 0) is 0 Å². The molecule has 3 rings (SSSR count). The Labute approximate surface area is 135 Å². The average molecular weight is 315 g/mol. The van der Waals surface area contributed by atoms with Gasteiger partial charge < -0.3 is 4.90 Å². The van der Waals surface area contributed by atoms with Crippen molar-refractivity contribution in [1.82, 2.24) is 4.98 Å². The molecular weight excluding hydrogens is 296 g/mol. The maximum Gasteiger partial charge on any atom is 0.256 e. The predicted molar refractivity (Wildman–Crippen MR) is 90.7 cm³/mol. The van der Waals surface area contributed by atoms with Crippen molar-refractivity contribution in [2.75, 3.05) is 18.0 Å². The fourth-order valence-electron chi connectivity index (χ4n) is 2.86. The van der Waals surface area contributed by atoms with Gasteiger partial charge in [0.1, 0.15) is 5.82 Å². The lowest BCUT2D eigenvalue weighted by atomic mass is 10.0. The molecule has 0 radical (unpaired) electrons. The Morgan fingerprint density at radius 2 is 1.77 bits per heavy atom. The maximum atomic E-state index is 11.8. The summed E-state index contributed by atoms with van der Waals surface area (Å²) >= 11 is 5.81. The molecule has 1 fully saturated rings. The van der Waals surface area contributed by atoms with Crippen molar-refractivity contribution < 1.29 is 4.79 Å². The van der Waals surface area contributed by atoms with Gasteiger partial charge in [-0.15, -0.1) is 0 Å². The third kappa shape index (κ3) is 3.14. The second-order valence-corrected chi connectivity index (χ2v) is 6.13. The smallest absolute Gasteiger partial charge is 0.256 e. The Hall–Kier alpha value is -1.87. The zero-order valence-electron chi connectivity index (χ0n) is 12.7. The molecule has 0 unspecified atom stereocenters. The Balaban J connectivity index is 1.99. The molecule has 0 atom stereocenters. The van der Waals surface area contributed by atoms with Crippen molar-refractivity contribution >= 4 is 22.7 Å². The first kappa shape index (κ1) is 15.0. The molecule has 0 aliphatic carbocycles. The fourth-order valence-corrected chi connectivity index (χ4v) is 3.00. The standard InChI is InChI=1S/C18H19ClN2O/c1-13-5-7-14(8-6-13)15-11-16(17(19)22)18(20-12-15)21-9-3-2-4-10-21/h5-8,11-12H,2-4,9-10H2,1H3. The monoisotopic (exact) mass is 314 g/mol. The molecule has 2 heterocycles. The van der Waals surface area contributed by atoms with Crippen LogP contribution in [0.1, 0.15) is 35.2 Å². The lowest BCUT2D eigenvalue weighted by Crippen LogP contribution is -2.31. The van der Waals surface area contributed by atoms with Crippen molar-refractivity contribution in [3.05, 3.63) is 47.7 Å². The van der Waals surface area contributed by atoms with Crippen molar-refractivity contribution in [2.45, 2.75) is 26.2 Å². The number of carbonyl (C=O) groups excluding carboxylic acids is 1. The Morgan fingerprint density at radius 3 is 2.41 bits per heavy atom. The minimum atomic E-state index is -0.443. The number of pyridine rings is 1. The number of benzene rings is 1. The molecule has 0 saturated carbocycles. The van der Waals surface area contributed by atoms with E-state index in [2.05, 4.69) is 28.9 Å². The van der Waals surface area contributed by atoms with E-state index in [-0.39, 0.29) is 0 Å². The second-order valence-electron chi connectivity index (χ2n) is 5.78. The number of hydrogen-bond donors (Lipinski definition) is 0. The zero-order valence-corrected chi connectivity index (χ0v) is 13.4. The van der Waals surface area contributed by atoms with Gasteiger partial charge in [0.2, 0.25) is 0 Å². The van der Waals surface area contributed by atoms with Crippen LogP contribution in [0.5, 0.6) is 0 Å². The van der Waals surface area contributed by atoms with Crippen LogP contribution in [0.15, 0.2) is 36.5 Å². The average Bonchev–Trinajstić information content (AvgIpc) is 2.56. The van der Waals surface area contributed by atoms with Gasteiger partial charge in [0, 0.05) is 24.8 Å². The molecule has 1 saturated heterocycles. The SMILES string of the molecule is Cc1ccc(-c2cnc(N3CCCCC3)c(C(=O)Cl)c2)cc1. The van der Waals surface area contributed by atoms with Crippen molar-refractivity contribution in [1.29, 1.82) is 0 Å². The highest BCUT2D eigenvalue weighted by molar-refractivity contribution is 6.68. The van der Waals surface area contributed by atoms with Gasteiger partial charge in [-0.1, -0.05) is 29.8 Å². The van der Waals surface area contributed by atoms with E-state index >= 15 is 0 Å². The van der Waals surface area contributed by atoms with E-state index in [4.69, 9.17) is 11.6 Å². The summed E-state index contributed by atoms with van der Waals surface area (Å²) in [5, 5.41) is -0.443. The highest BCUT2D eigenvalue weighted by Crippen LogP contribution is 2.28. The predicted octanol–water partition coefficient (Wildman–Crippen LogP) is 4.43. The quantitative estimate of drug-likeness (QED) is 0.786. The number of halogens is 1. The molecule has 4 heteroatoms. The highest BCUT2D eigenvalue weighted by atomic mass is 35.5. The van der Waals surface area contributed by atoms with Crippen LogP contribution in [0.25, 0.3) is 11.1 Å². The summed E-state index contributed by atoms with van der Waals surface area (Å²) in [5.74, 6) is 0.718. The largest absolute Gasteiger partial charge is 0.356 e. The van der Waals surface area contributed by atoms with Gasteiger partial charge in [-0.3, -0.25) is 4.79 Å². The van der Waals surface area contributed by atoms with Gasteiger partial charge in [-0.25, -0.2) is 4.98 Å². The van der Waals surface area contributed by atoms with Crippen LogP contribution in [0.2, 0.25) is 0 Å². The second kappa shape index (κ2) is 6.49. The molecule has 2 aromatic rings. The number of carbonyl (C=O) groups is 1. The molecule has 22 heavy (non-hydrogen) atoms. The van der Waals surface area contributed by atoms with Gasteiger partial charge in [0.05, 0.1) is 5.56 Å². The van der Waals surface area contributed by atoms with Gasteiger partial charge in [0.25, 0.3) is 5.24 Å². The van der Waals surface area contributed by atoms with Gasteiger partial charge >= 0.3 is 0 Å². The first-order chi connectivity index (χ1) is 10.6. The lowest BCUT2D eigenvalue weighted by molar-refractivity contribution is 0.108. The summed E-state index contributed by atoms with van der Waals surface area (Å²) in [6.45, 7) is 3.93. The van der Waals surface area contributed by atoms with Crippen LogP contribution >= 0.6 is 11.6 Å². The third-order valence-corrected chi connectivity index (χ3v) is 4.32. The number of hydrogen-bond acceptors (Lipinski definition) is 3. The Morgan fingerprint density at radius 1 is 1.09 bits per heavy atom. The molecule has 1 aliphatic heterocycles. The number of piperidine rings is 1. The molecule has 0 spiro atoms. The number of aryl methyl sites for hydroxylation is 1. The zero-order chi connectivity index (χ0) is 15.5. The van der Waals surface area contributed by atoms with Crippen LogP contribution in [0.4, 0.5) is 5.82 Å². The topological polar surface area (TPSA) is 33.2 Å². The molecule has 1 aromatic heterocycles. The fraction of sp³-hybridized carbons (Fsp3) is 0.333. The summed E-state index contributed by atoms with van der Waals surface area (Å²) < 4.78 is 0. The summed E-state index contributed by atoms with van der Waals surface area (Å²) in [5.41, 5.74) is 3.67. The van der Waals surface area contributed by atoms with Crippen LogP contribution < -0.4 is 4.90 Å². The minimum Gasteiger partial charge on any atom is -0.356 e. The van der Waals surface area contributed by atoms with E-state index in [1.807, 2.05) is 24.4 Å². The molecular formula is C18H19ClN2O. The van der Waals surface area contributed by atoms with E-state index in [1.54, 1.807) is 0 Å². The van der Waals surface area contributed by atoms with Gasteiger partial charge in [-0.2, -0.15) is 0 Å². The third-order valence-electron chi connectivity index (χ3n) is 4.12. The van der Waals surface area contributed by atoms with Crippen molar-refractivity contribution in [3.63, 3.8) is 0 Å². The van der Waals surface area contributed by atoms with E-state index in [0.29, 0.717) is 5.56 Å². The normalized spacial score (nSPS) is 14.9. The Kier molecular flexibility index (Phi) is 4.44. The number of rotatable bonds is 3. The maximum absolute atomic E-state index is 11.8. The molecule has 3 nitrogen and oxygen atoms in total. The highest BCUT2D eigenvalue weighted by Gasteiger charge is 2.19. The lowest BCUT2D eigenvalue weighted by Gasteiger charge is -2.29. The van der Waals surface area contributed by atoms with Gasteiger partial charge in [0.15, 0.2) is 0 Å². The van der Waals surface area contributed by atoms with Gasteiger partial charge in [-0.05, 0) is 49.4 Å². The van der Waals surface area contributed by atoms with E-state index in [9.17, 15) is 4.79 Å². The minimum absolute atomic E-state index is 0.443. The van der Waals surface area contributed by atoms with Crippen molar-refractivity contribution in [3.8, 4) is 11.1 Å². The molecule has 1 aliphatic rings. The van der Waals surface area contributed by atoms with E-state index in [1.165, 1.54) is 12.0 Å². The molecule has 114 valence electrons. The number of anilines is 1. The first-order valence-electron chi connectivity index (χ1n) is 7.67. The molecule has 0 N–H and O–H groups in total. The number of aromatic nitrogens is 1. The van der Waals surface area contributed by atoms with E-state index in [0.717, 1.165) is 42.9 Å². The Bertz CT molecular complexity index is 676. The molecule has 1 aromatic carbocycles. The summed E-state index contributed by atoms with van der Waals surface area (Å²) in [7, 11) is 0. The summed E-state index contributed by atoms with van der Waals surface area (Å²) in [6, 6.07) is 10.0. The first-order valence-corrected chi connectivity index (χ1v) is 8.05. The summed E-state index contributed by atoms with van der Waals surface area (Å²) in [6.07, 6.45) is 5.34. The number of nitrogens with zero attached hydrogens (tertiary/aromatic N) is 2. The van der Waals surface area contributed by atoms with Crippen LogP contribution in [-0.4, -0.2) is 23.3 Å². The van der Waals surface area contributed by atoms with Crippen LogP contribution in [0.3, 0.4) is 0 Å².